The van der Waals surface area contributed by atoms with Gasteiger partial charge in [0.05, 0.1) is 5.69 Å². The van der Waals surface area contributed by atoms with Crippen LogP contribution in [0.3, 0.4) is 0 Å². The number of nitrogens with zero attached hydrogens (tertiary/aromatic N) is 1. The van der Waals surface area contributed by atoms with Crippen molar-refractivity contribution in [3.05, 3.63) is 199 Å². The molecule has 0 bridgehead atoms. The molecule has 0 unspecified atom stereocenters. The maximum Gasteiger partial charge on any atom is 0.143 e. The van der Waals surface area contributed by atoms with E-state index in [9.17, 15) is 0 Å². The van der Waals surface area contributed by atoms with E-state index in [1.807, 2.05) is 11.3 Å². The van der Waals surface area contributed by atoms with E-state index in [2.05, 4.69) is 207 Å². The number of anilines is 3. The second kappa shape index (κ2) is 12.5. The van der Waals surface area contributed by atoms with Gasteiger partial charge >= 0.3 is 0 Å². The fourth-order valence-electron chi connectivity index (χ4n) is 9.83. The first-order valence-electron chi connectivity index (χ1n) is 20.0. The van der Waals surface area contributed by atoms with Crippen molar-refractivity contribution in [2.24, 2.45) is 0 Å². The van der Waals surface area contributed by atoms with Crippen LogP contribution >= 0.6 is 11.3 Å². The molecule has 9 aromatic carbocycles. The summed E-state index contributed by atoms with van der Waals surface area (Å²) in [5, 5.41) is 7.16. The van der Waals surface area contributed by atoms with Gasteiger partial charge in [-0.1, -0.05) is 153 Å². The van der Waals surface area contributed by atoms with Crippen LogP contribution in [0.2, 0.25) is 0 Å². The van der Waals surface area contributed by atoms with Crippen molar-refractivity contribution >= 4 is 81.3 Å². The summed E-state index contributed by atoms with van der Waals surface area (Å²) in [4.78, 5) is 2.44. The molecule has 0 radical (unpaired) electrons. The van der Waals surface area contributed by atoms with Gasteiger partial charge < -0.3 is 9.32 Å². The van der Waals surface area contributed by atoms with Gasteiger partial charge in [0.15, 0.2) is 0 Å². The molecule has 2 nitrogen and oxygen atoms in total. The largest absolute Gasteiger partial charge is 0.455 e. The lowest BCUT2D eigenvalue weighted by atomic mass is 9.79. The molecular weight excluding hydrogens is 723 g/mol. The molecule has 58 heavy (non-hydrogen) atoms. The van der Waals surface area contributed by atoms with Gasteiger partial charge in [-0.2, -0.15) is 0 Å². The molecule has 2 aromatic heterocycles. The molecule has 0 spiro atoms. The minimum absolute atomic E-state index is 0.101. The third-order valence-electron chi connectivity index (χ3n) is 12.5. The van der Waals surface area contributed by atoms with Crippen molar-refractivity contribution < 1.29 is 4.42 Å². The van der Waals surface area contributed by atoms with Crippen molar-refractivity contribution in [1.29, 1.82) is 0 Å². The van der Waals surface area contributed by atoms with Crippen LogP contribution in [0.25, 0.3) is 86.3 Å². The summed E-state index contributed by atoms with van der Waals surface area (Å²) in [6, 6.07) is 68.8. The lowest BCUT2D eigenvalue weighted by molar-refractivity contribution is 0.662. The summed E-state index contributed by atoms with van der Waals surface area (Å²) in [6.07, 6.45) is 0. The molecule has 0 saturated carbocycles. The smallest absolute Gasteiger partial charge is 0.143 e. The minimum atomic E-state index is -0.101. The molecule has 12 rings (SSSR count). The fourth-order valence-corrected chi connectivity index (χ4v) is 11.0. The van der Waals surface area contributed by atoms with Gasteiger partial charge in [0, 0.05) is 58.7 Å². The highest BCUT2D eigenvalue weighted by molar-refractivity contribution is 7.25. The molecule has 3 heteroatoms. The van der Waals surface area contributed by atoms with Gasteiger partial charge in [0.2, 0.25) is 0 Å². The van der Waals surface area contributed by atoms with Crippen molar-refractivity contribution in [3.63, 3.8) is 0 Å². The first-order chi connectivity index (χ1) is 28.5. The molecule has 0 atom stereocenters. The van der Waals surface area contributed by atoms with Crippen LogP contribution in [0.1, 0.15) is 25.0 Å². The summed E-state index contributed by atoms with van der Waals surface area (Å²) >= 11 is 1.86. The zero-order valence-electron chi connectivity index (χ0n) is 32.2. The Morgan fingerprint density at radius 1 is 0.466 bits per heavy atom. The van der Waals surface area contributed by atoms with E-state index < -0.39 is 0 Å². The van der Waals surface area contributed by atoms with Crippen LogP contribution in [0.5, 0.6) is 0 Å². The molecular formula is C55H37NOS. The van der Waals surface area contributed by atoms with Crippen LogP contribution in [0, 0.1) is 0 Å². The quantitative estimate of drug-likeness (QED) is 0.174. The number of thiophene rings is 1. The first kappa shape index (κ1) is 33.2. The van der Waals surface area contributed by atoms with Gasteiger partial charge in [-0.15, -0.1) is 11.3 Å². The van der Waals surface area contributed by atoms with Crippen LogP contribution < -0.4 is 4.90 Å². The van der Waals surface area contributed by atoms with E-state index in [4.69, 9.17) is 4.42 Å². The predicted octanol–water partition coefficient (Wildman–Crippen LogP) is 16.2. The molecule has 11 aromatic rings. The van der Waals surface area contributed by atoms with Crippen LogP contribution in [-0.4, -0.2) is 0 Å². The summed E-state index contributed by atoms with van der Waals surface area (Å²) in [5.41, 5.74) is 15.3. The highest BCUT2D eigenvalue weighted by atomic mass is 32.1. The Morgan fingerprint density at radius 2 is 1.12 bits per heavy atom. The van der Waals surface area contributed by atoms with Crippen molar-refractivity contribution in [2.45, 2.75) is 19.3 Å². The number of benzene rings is 9. The van der Waals surface area contributed by atoms with Crippen molar-refractivity contribution in [2.75, 3.05) is 4.90 Å². The maximum absolute atomic E-state index is 6.68. The van der Waals surface area contributed by atoms with Gasteiger partial charge in [-0.3, -0.25) is 0 Å². The summed E-state index contributed by atoms with van der Waals surface area (Å²) in [7, 11) is 0. The van der Waals surface area contributed by atoms with Crippen LogP contribution in [0.15, 0.2) is 192 Å². The molecule has 274 valence electrons. The van der Waals surface area contributed by atoms with E-state index in [0.29, 0.717) is 0 Å². The fraction of sp³-hybridized carbons (Fsp3) is 0.0545. The SMILES string of the molecule is CC1(C)c2ccccc2-c2cccc(-c3ccc(N(c4ccc5c(c4)sc4ccccc45)c4ccccc4-c4cccc5oc6c7ccccc7ccc6c45)cc3)c21. The average molecular weight is 760 g/mol. The van der Waals surface area contributed by atoms with Gasteiger partial charge in [-0.25, -0.2) is 0 Å². The lowest BCUT2D eigenvalue weighted by Gasteiger charge is -2.28. The molecule has 0 aliphatic heterocycles. The molecule has 0 amide bonds. The highest BCUT2D eigenvalue weighted by Gasteiger charge is 2.37. The molecule has 0 N–H and O–H groups in total. The van der Waals surface area contributed by atoms with Crippen LogP contribution in [-0.2, 0) is 5.41 Å². The Hall–Kier alpha value is -6.94. The monoisotopic (exact) mass is 759 g/mol. The zero-order valence-corrected chi connectivity index (χ0v) is 33.0. The minimum Gasteiger partial charge on any atom is -0.455 e. The molecule has 2 heterocycles. The third-order valence-corrected chi connectivity index (χ3v) is 13.6. The maximum atomic E-state index is 6.68. The Balaban J connectivity index is 1.06. The highest BCUT2D eigenvalue weighted by Crippen LogP contribution is 2.53. The molecule has 0 fully saturated rings. The zero-order chi connectivity index (χ0) is 38.5. The Labute approximate surface area is 340 Å². The van der Waals surface area contributed by atoms with E-state index in [0.717, 1.165) is 55.5 Å². The number of fused-ring (bicyclic) bond motifs is 11. The number of rotatable bonds is 5. The van der Waals surface area contributed by atoms with Crippen LogP contribution in [0.4, 0.5) is 17.1 Å². The van der Waals surface area contributed by atoms with E-state index in [1.54, 1.807) is 0 Å². The number of para-hydroxylation sites is 1. The lowest BCUT2D eigenvalue weighted by Crippen LogP contribution is -2.16. The standard InChI is InChI=1S/C55H37NOS/c1-55(2)47-21-8-5-15-40(47)45-20-11-18-38(53(45)55)35-25-28-36(29-26-35)56(37-30-32-43-42-17-7-10-24-50(42)58-51(43)33-37)48-22-9-6-16-41(48)44-19-12-23-49-52(44)46-31-27-34-13-3-4-14-39(34)54(46)57-49/h3-33H,1-2H3. The third kappa shape index (κ3) is 4.84. The normalized spacial score (nSPS) is 13.1. The van der Waals surface area contributed by atoms with Gasteiger partial charge in [0.25, 0.3) is 0 Å². The van der Waals surface area contributed by atoms with E-state index in [-0.39, 0.29) is 5.41 Å². The summed E-state index contributed by atoms with van der Waals surface area (Å²) < 4.78 is 9.26. The Bertz CT molecular complexity index is 3440. The molecule has 1 aliphatic rings. The second-order valence-corrected chi connectivity index (χ2v) is 17.1. The molecule has 0 saturated heterocycles. The van der Waals surface area contributed by atoms with E-state index in [1.165, 1.54) is 58.9 Å². The number of furan rings is 1. The van der Waals surface area contributed by atoms with Gasteiger partial charge in [-0.05, 0) is 92.9 Å². The first-order valence-corrected chi connectivity index (χ1v) is 20.8. The molecule has 1 aliphatic carbocycles. The number of hydrogen-bond donors (Lipinski definition) is 0. The topological polar surface area (TPSA) is 16.4 Å². The predicted molar refractivity (Wildman–Crippen MR) is 247 cm³/mol. The van der Waals surface area contributed by atoms with Crippen molar-refractivity contribution in [3.8, 4) is 33.4 Å². The van der Waals surface area contributed by atoms with Gasteiger partial charge in [0.1, 0.15) is 11.2 Å². The summed E-state index contributed by atoms with van der Waals surface area (Å²) in [6.45, 7) is 4.73. The number of hydrogen-bond acceptors (Lipinski definition) is 3. The summed E-state index contributed by atoms with van der Waals surface area (Å²) in [5.74, 6) is 0. The Kier molecular flexibility index (Phi) is 7.18. The average Bonchev–Trinajstić information content (AvgIpc) is 3.92. The van der Waals surface area contributed by atoms with E-state index >= 15 is 0 Å². The Morgan fingerprint density at radius 3 is 2.02 bits per heavy atom. The van der Waals surface area contributed by atoms with Crippen molar-refractivity contribution in [1.82, 2.24) is 0 Å². The second-order valence-electron chi connectivity index (χ2n) is 16.0.